The van der Waals surface area contributed by atoms with E-state index in [1.54, 1.807) is 0 Å². The first-order valence-corrected chi connectivity index (χ1v) is 5.92. The van der Waals surface area contributed by atoms with Gasteiger partial charge < -0.3 is 5.32 Å². The highest BCUT2D eigenvalue weighted by atomic mass is 15.3. The van der Waals surface area contributed by atoms with E-state index in [0.29, 0.717) is 6.04 Å². The minimum atomic E-state index is 0.399. The summed E-state index contributed by atoms with van der Waals surface area (Å²) < 4.78 is 1.88. The number of aromatic nitrogens is 2. The predicted molar refractivity (Wildman–Crippen MR) is 68.4 cm³/mol. The molecule has 1 aromatic rings. The molecule has 1 unspecified atom stereocenters. The van der Waals surface area contributed by atoms with Crippen molar-refractivity contribution >= 4 is 0 Å². The third-order valence-corrected chi connectivity index (χ3v) is 2.74. The van der Waals surface area contributed by atoms with Crippen LogP contribution < -0.4 is 5.32 Å². The van der Waals surface area contributed by atoms with Gasteiger partial charge >= 0.3 is 0 Å². The van der Waals surface area contributed by atoms with Crippen molar-refractivity contribution in [2.75, 3.05) is 6.54 Å². The third-order valence-electron chi connectivity index (χ3n) is 2.74. The molecule has 0 radical (unpaired) electrons. The van der Waals surface area contributed by atoms with E-state index in [0.717, 1.165) is 25.1 Å². The van der Waals surface area contributed by atoms with Gasteiger partial charge in [0.25, 0.3) is 0 Å². The molecular formula is C13H23N3. The van der Waals surface area contributed by atoms with Gasteiger partial charge in [0.15, 0.2) is 0 Å². The normalized spacial score (nSPS) is 12.8. The lowest BCUT2D eigenvalue weighted by atomic mass is 10.0. The smallest absolute Gasteiger partial charge is 0.0641 e. The highest BCUT2D eigenvalue weighted by Gasteiger charge is 2.15. The number of aryl methyl sites for hydroxylation is 2. The molecule has 0 aromatic carbocycles. The summed E-state index contributed by atoms with van der Waals surface area (Å²) in [5.41, 5.74) is 3.67. The molecule has 0 spiro atoms. The van der Waals surface area contributed by atoms with E-state index in [1.807, 2.05) is 11.7 Å². The molecule has 0 aliphatic carbocycles. The van der Waals surface area contributed by atoms with Crippen LogP contribution in [0.3, 0.4) is 0 Å². The summed E-state index contributed by atoms with van der Waals surface area (Å²) >= 11 is 0. The summed E-state index contributed by atoms with van der Waals surface area (Å²) in [5, 5.41) is 7.91. The van der Waals surface area contributed by atoms with Gasteiger partial charge in [0, 0.05) is 24.8 Å². The standard InChI is InChI=1S/C13H23N3/c1-6-14-13(8-7-10(2)3)12-9-16(5)15-11(12)4/h9,13-14H,2,6-8H2,1,3-5H3. The monoisotopic (exact) mass is 221 g/mol. The van der Waals surface area contributed by atoms with Crippen LogP contribution >= 0.6 is 0 Å². The fourth-order valence-corrected chi connectivity index (χ4v) is 1.96. The minimum Gasteiger partial charge on any atom is -0.310 e. The number of rotatable bonds is 6. The van der Waals surface area contributed by atoms with Crippen molar-refractivity contribution in [3.8, 4) is 0 Å². The van der Waals surface area contributed by atoms with Crippen LogP contribution in [-0.4, -0.2) is 16.3 Å². The van der Waals surface area contributed by atoms with Crippen molar-refractivity contribution in [1.82, 2.24) is 15.1 Å². The van der Waals surface area contributed by atoms with Gasteiger partial charge in [-0.1, -0.05) is 12.5 Å². The van der Waals surface area contributed by atoms with Crippen LogP contribution in [0.2, 0.25) is 0 Å². The van der Waals surface area contributed by atoms with E-state index in [1.165, 1.54) is 11.1 Å². The molecule has 0 fully saturated rings. The zero-order chi connectivity index (χ0) is 12.1. The summed E-state index contributed by atoms with van der Waals surface area (Å²) in [6, 6.07) is 0.399. The third kappa shape index (κ3) is 3.49. The molecule has 90 valence electrons. The minimum absolute atomic E-state index is 0.399. The quantitative estimate of drug-likeness (QED) is 0.749. The Morgan fingerprint density at radius 2 is 2.31 bits per heavy atom. The Kier molecular flexibility index (Phi) is 4.74. The maximum absolute atomic E-state index is 4.40. The molecule has 1 aromatic heterocycles. The molecule has 1 N–H and O–H groups in total. The van der Waals surface area contributed by atoms with E-state index in [4.69, 9.17) is 0 Å². The van der Waals surface area contributed by atoms with Gasteiger partial charge in [-0.15, -0.1) is 6.58 Å². The van der Waals surface area contributed by atoms with Crippen molar-refractivity contribution in [1.29, 1.82) is 0 Å². The lowest BCUT2D eigenvalue weighted by Gasteiger charge is -2.17. The molecule has 0 aliphatic rings. The highest BCUT2D eigenvalue weighted by Crippen LogP contribution is 2.22. The van der Waals surface area contributed by atoms with Crippen molar-refractivity contribution in [3.63, 3.8) is 0 Å². The molecule has 3 nitrogen and oxygen atoms in total. The molecule has 3 heteroatoms. The van der Waals surface area contributed by atoms with Gasteiger partial charge in [-0.2, -0.15) is 5.10 Å². The Balaban J connectivity index is 2.76. The zero-order valence-electron chi connectivity index (χ0n) is 10.9. The second kappa shape index (κ2) is 5.85. The Hall–Kier alpha value is -1.09. The molecule has 0 saturated carbocycles. The SMILES string of the molecule is C=C(C)CCC(NCC)c1cn(C)nc1C. The van der Waals surface area contributed by atoms with Gasteiger partial charge in [0.1, 0.15) is 0 Å². The van der Waals surface area contributed by atoms with E-state index in [9.17, 15) is 0 Å². The number of hydrogen-bond acceptors (Lipinski definition) is 2. The maximum atomic E-state index is 4.40. The fourth-order valence-electron chi connectivity index (χ4n) is 1.96. The van der Waals surface area contributed by atoms with Crippen LogP contribution in [0.5, 0.6) is 0 Å². The van der Waals surface area contributed by atoms with Crippen LogP contribution in [0.15, 0.2) is 18.3 Å². The molecule has 0 bridgehead atoms. The Morgan fingerprint density at radius 1 is 1.62 bits per heavy atom. The van der Waals surface area contributed by atoms with Crippen LogP contribution in [0, 0.1) is 6.92 Å². The maximum Gasteiger partial charge on any atom is 0.0641 e. The molecule has 0 amide bonds. The van der Waals surface area contributed by atoms with Gasteiger partial charge in [-0.25, -0.2) is 0 Å². The van der Waals surface area contributed by atoms with Gasteiger partial charge in [0.05, 0.1) is 5.69 Å². The Labute approximate surface area is 98.5 Å². The largest absolute Gasteiger partial charge is 0.310 e. The number of hydrogen-bond donors (Lipinski definition) is 1. The molecule has 1 atom stereocenters. The van der Waals surface area contributed by atoms with E-state index in [2.05, 4.69) is 44.0 Å². The number of allylic oxidation sites excluding steroid dienone is 1. The van der Waals surface area contributed by atoms with Gasteiger partial charge in [0.2, 0.25) is 0 Å². The van der Waals surface area contributed by atoms with Crippen LogP contribution in [0.25, 0.3) is 0 Å². The first-order chi connectivity index (χ1) is 7.54. The molecule has 0 aliphatic heterocycles. The summed E-state index contributed by atoms with van der Waals surface area (Å²) in [5.74, 6) is 0. The first kappa shape index (κ1) is 13.0. The average Bonchev–Trinajstić information content (AvgIpc) is 2.52. The summed E-state index contributed by atoms with van der Waals surface area (Å²) in [6.45, 7) is 11.2. The van der Waals surface area contributed by atoms with Crippen molar-refractivity contribution in [2.45, 2.75) is 39.7 Å². The molecule has 1 heterocycles. The summed E-state index contributed by atoms with van der Waals surface area (Å²) in [7, 11) is 1.97. The number of nitrogens with zero attached hydrogens (tertiary/aromatic N) is 2. The average molecular weight is 221 g/mol. The van der Waals surface area contributed by atoms with Crippen LogP contribution in [0.1, 0.15) is 44.0 Å². The number of nitrogens with one attached hydrogen (secondary N) is 1. The zero-order valence-corrected chi connectivity index (χ0v) is 10.9. The molecular weight excluding hydrogens is 198 g/mol. The van der Waals surface area contributed by atoms with Crippen molar-refractivity contribution in [2.24, 2.45) is 7.05 Å². The van der Waals surface area contributed by atoms with E-state index < -0.39 is 0 Å². The second-order valence-electron chi connectivity index (χ2n) is 4.45. The summed E-state index contributed by atoms with van der Waals surface area (Å²) in [4.78, 5) is 0. The van der Waals surface area contributed by atoms with E-state index in [-0.39, 0.29) is 0 Å². The van der Waals surface area contributed by atoms with E-state index >= 15 is 0 Å². The summed E-state index contributed by atoms with van der Waals surface area (Å²) in [6.07, 6.45) is 4.27. The van der Waals surface area contributed by atoms with Crippen molar-refractivity contribution in [3.05, 3.63) is 29.6 Å². The van der Waals surface area contributed by atoms with Gasteiger partial charge in [-0.05, 0) is 33.2 Å². The molecule has 16 heavy (non-hydrogen) atoms. The first-order valence-electron chi connectivity index (χ1n) is 5.92. The fraction of sp³-hybridized carbons (Fsp3) is 0.615. The van der Waals surface area contributed by atoms with Gasteiger partial charge in [-0.3, -0.25) is 4.68 Å². The van der Waals surface area contributed by atoms with Crippen LogP contribution in [0.4, 0.5) is 0 Å². The topological polar surface area (TPSA) is 29.9 Å². The molecule has 0 saturated heterocycles. The lowest BCUT2D eigenvalue weighted by molar-refractivity contribution is 0.512. The molecule has 1 rings (SSSR count). The lowest BCUT2D eigenvalue weighted by Crippen LogP contribution is -2.21. The Bertz CT molecular complexity index is 352. The predicted octanol–water partition coefficient (Wildman–Crippen LogP) is 2.74. The highest BCUT2D eigenvalue weighted by molar-refractivity contribution is 5.20. The Morgan fingerprint density at radius 3 is 2.75 bits per heavy atom. The van der Waals surface area contributed by atoms with Crippen LogP contribution in [-0.2, 0) is 7.05 Å². The second-order valence-corrected chi connectivity index (χ2v) is 4.45. The van der Waals surface area contributed by atoms with Crippen molar-refractivity contribution < 1.29 is 0 Å².